The molecule has 4 heteroatoms. The van der Waals surface area contributed by atoms with E-state index in [4.69, 9.17) is 4.42 Å². The van der Waals surface area contributed by atoms with Crippen molar-refractivity contribution in [3.05, 3.63) is 24.4 Å². The molecule has 0 unspecified atom stereocenters. The second kappa shape index (κ2) is 2.48. The lowest BCUT2D eigenvalue weighted by atomic mass is 10.3. The second-order valence-electron chi connectivity index (χ2n) is 2.69. The molecule has 12 heavy (non-hydrogen) atoms. The molecule has 2 aromatic heterocycles. The molecule has 0 N–H and O–H groups in total. The van der Waals surface area contributed by atoms with Crippen molar-refractivity contribution < 1.29 is 4.42 Å². The Labute approximate surface area is 69.8 Å². The molecule has 0 aliphatic rings. The third kappa shape index (κ3) is 1.11. The third-order valence-electron chi connectivity index (χ3n) is 1.60. The number of aromatic nitrogens is 3. The minimum atomic E-state index is 0.577. The van der Waals surface area contributed by atoms with Crippen LogP contribution >= 0.6 is 0 Å². The average Bonchev–Trinajstić information content (AvgIpc) is 2.58. The van der Waals surface area contributed by atoms with E-state index in [9.17, 15) is 0 Å². The summed E-state index contributed by atoms with van der Waals surface area (Å²) in [5.74, 6) is 1.17. The molecule has 0 saturated heterocycles. The largest absolute Gasteiger partial charge is 0.421 e. The van der Waals surface area contributed by atoms with Crippen LogP contribution in [0.1, 0.15) is 5.89 Å². The summed E-state index contributed by atoms with van der Waals surface area (Å²) < 4.78 is 7.19. The first-order chi connectivity index (χ1) is 5.75. The third-order valence-corrected chi connectivity index (χ3v) is 1.60. The van der Waals surface area contributed by atoms with Crippen LogP contribution < -0.4 is 0 Å². The molecule has 2 aromatic rings. The Morgan fingerprint density at radius 1 is 1.42 bits per heavy atom. The maximum atomic E-state index is 5.25. The standard InChI is InChI=1S/C8H9N3O/c1-6-9-10-8(12-6)7-3-4-11(2)5-7/h3-5H,1-2H3. The minimum absolute atomic E-state index is 0.577. The van der Waals surface area contributed by atoms with Crippen LogP contribution in [0.5, 0.6) is 0 Å². The van der Waals surface area contributed by atoms with Gasteiger partial charge >= 0.3 is 0 Å². The molecule has 2 rings (SSSR count). The van der Waals surface area contributed by atoms with E-state index < -0.39 is 0 Å². The van der Waals surface area contributed by atoms with E-state index in [1.807, 2.05) is 30.1 Å². The number of hydrogen-bond acceptors (Lipinski definition) is 3. The zero-order chi connectivity index (χ0) is 8.55. The summed E-state index contributed by atoms with van der Waals surface area (Å²) in [6, 6.07) is 1.94. The van der Waals surface area contributed by atoms with Gasteiger partial charge in [0.05, 0.1) is 5.56 Å². The zero-order valence-electron chi connectivity index (χ0n) is 6.98. The van der Waals surface area contributed by atoms with Gasteiger partial charge in [-0.2, -0.15) is 0 Å². The van der Waals surface area contributed by atoms with Crippen molar-refractivity contribution in [2.45, 2.75) is 6.92 Å². The van der Waals surface area contributed by atoms with Crippen LogP contribution in [0.2, 0.25) is 0 Å². The van der Waals surface area contributed by atoms with Gasteiger partial charge in [0.15, 0.2) is 0 Å². The van der Waals surface area contributed by atoms with Crippen molar-refractivity contribution in [2.75, 3.05) is 0 Å². The quantitative estimate of drug-likeness (QED) is 0.638. The monoisotopic (exact) mass is 163 g/mol. The van der Waals surface area contributed by atoms with Crippen LogP contribution in [0.4, 0.5) is 0 Å². The molecule has 0 bridgehead atoms. The molecular formula is C8H9N3O. The van der Waals surface area contributed by atoms with E-state index in [1.54, 1.807) is 6.92 Å². The Morgan fingerprint density at radius 3 is 2.75 bits per heavy atom. The molecule has 62 valence electrons. The van der Waals surface area contributed by atoms with Gasteiger partial charge in [-0.05, 0) is 6.07 Å². The molecule has 0 spiro atoms. The minimum Gasteiger partial charge on any atom is -0.421 e. The highest BCUT2D eigenvalue weighted by atomic mass is 16.4. The zero-order valence-corrected chi connectivity index (χ0v) is 6.98. The van der Waals surface area contributed by atoms with Crippen molar-refractivity contribution >= 4 is 0 Å². The van der Waals surface area contributed by atoms with Gasteiger partial charge in [-0.25, -0.2) is 0 Å². The van der Waals surface area contributed by atoms with E-state index in [-0.39, 0.29) is 0 Å². The van der Waals surface area contributed by atoms with Gasteiger partial charge in [-0.1, -0.05) is 0 Å². The normalized spacial score (nSPS) is 10.5. The van der Waals surface area contributed by atoms with Crippen LogP contribution in [-0.4, -0.2) is 14.8 Å². The van der Waals surface area contributed by atoms with Gasteiger partial charge in [-0.15, -0.1) is 10.2 Å². The highest BCUT2D eigenvalue weighted by molar-refractivity contribution is 5.50. The smallest absolute Gasteiger partial charge is 0.249 e. The first-order valence-corrected chi connectivity index (χ1v) is 3.68. The van der Waals surface area contributed by atoms with Crippen molar-refractivity contribution in [1.29, 1.82) is 0 Å². The molecule has 0 aromatic carbocycles. The highest BCUT2D eigenvalue weighted by Gasteiger charge is 2.05. The van der Waals surface area contributed by atoms with Crippen molar-refractivity contribution in [3.63, 3.8) is 0 Å². The predicted octanol–water partition coefficient (Wildman–Crippen LogP) is 1.38. The summed E-state index contributed by atoms with van der Waals surface area (Å²) in [5, 5.41) is 7.65. The van der Waals surface area contributed by atoms with E-state index in [1.165, 1.54) is 0 Å². The fourth-order valence-electron chi connectivity index (χ4n) is 1.04. The summed E-state index contributed by atoms with van der Waals surface area (Å²) in [4.78, 5) is 0. The summed E-state index contributed by atoms with van der Waals surface area (Å²) in [6.45, 7) is 1.78. The highest BCUT2D eigenvalue weighted by Crippen LogP contribution is 2.16. The maximum absolute atomic E-state index is 5.25. The summed E-state index contributed by atoms with van der Waals surface area (Å²) in [5.41, 5.74) is 0.957. The van der Waals surface area contributed by atoms with Gasteiger partial charge in [0.2, 0.25) is 11.8 Å². The van der Waals surface area contributed by atoms with Crippen molar-refractivity contribution in [2.24, 2.45) is 7.05 Å². The molecule has 2 heterocycles. The lowest BCUT2D eigenvalue weighted by Crippen LogP contribution is -1.78. The van der Waals surface area contributed by atoms with Gasteiger partial charge in [0.25, 0.3) is 0 Å². The van der Waals surface area contributed by atoms with Crippen LogP contribution in [0.3, 0.4) is 0 Å². The Bertz CT molecular complexity index is 350. The topological polar surface area (TPSA) is 43.9 Å². The SMILES string of the molecule is Cc1nnc(-c2ccn(C)c2)o1. The fraction of sp³-hybridized carbons (Fsp3) is 0.250. The maximum Gasteiger partial charge on any atom is 0.249 e. The lowest BCUT2D eigenvalue weighted by molar-refractivity contribution is 0.532. The van der Waals surface area contributed by atoms with E-state index >= 15 is 0 Å². The van der Waals surface area contributed by atoms with Gasteiger partial charge < -0.3 is 8.98 Å². The number of nitrogens with zero attached hydrogens (tertiary/aromatic N) is 3. The van der Waals surface area contributed by atoms with Gasteiger partial charge in [-0.3, -0.25) is 0 Å². The predicted molar refractivity (Wildman–Crippen MR) is 43.4 cm³/mol. The van der Waals surface area contributed by atoms with Gasteiger partial charge in [0.1, 0.15) is 0 Å². The Hall–Kier alpha value is -1.58. The molecule has 0 aliphatic heterocycles. The summed E-state index contributed by atoms with van der Waals surface area (Å²) >= 11 is 0. The van der Waals surface area contributed by atoms with Crippen molar-refractivity contribution in [3.8, 4) is 11.5 Å². The number of aryl methyl sites for hydroxylation is 2. The van der Waals surface area contributed by atoms with E-state index in [0.717, 1.165) is 5.56 Å². The summed E-state index contributed by atoms with van der Waals surface area (Å²) in [7, 11) is 1.95. The Morgan fingerprint density at radius 2 is 2.25 bits per heavy atom. The lowest BCUT2D eigenvalue weighted by Gasteiger charge is -1.85. The van der Waals surface area contributed by atoms with Crippen LogP contribution in [-0.2, 0) is 7.05 Å². The first kappa shape index (κ1) is 7.09. The first-order valence-electron chi connectivity index (χ1n) is 3.68. The Kier molecular flexibility index (Phi) is 1.46. The summed E-state index contributed by atoms with van der Waals surface area (Å²) in [6.07, 6.45) is 3.88. The molecule has 0 radical (unpaired) electrons. The Balaban J connectivity index is 2.43. The number of rotatable bonds is 1. The van der Waals surface area contributed by atoms with Gasteiger partial charge in [0, 0.05) is 26.4 Å². The molecular weight excluding hydrogens is 154 g/mol. The van der Waals surface area contributed by atoms with Crippen LogP contribution in [0, 0.1) is 6.92 Å². The fourth-order valence-corrected chi connectivity index (χ4v) is 1.04. The second-order valence-corrected chi connectivity index (χ2v) is 2.69. The number of hydrogen-bond donors (Lipinski definition) is 0. The van der Waals surface area contributed by atoms with E-state index in [2.05, 4.69) is 10.2 Å². The molecule has 0 atom stereocenters. The average molecular weight is 163 g/mol. The molecule has 0 fully saturated rings. The van der Waals surface area contributed by atoms with Crippen LogP contribution in [0.25, 0.3) is 11.5 Å². The van der Waals surface area contributed by atoms with Crippen LogP contribution in [0.15, 0.2) is 22.9 Å². The molecule has 0 aliphatic carbocycles. The van der Waals surface area contributed by atoms with E-state index in [0.29, 0.717) is 11.8 Å². The molecule has 4 nitrogen and oxygen atoms in total. The molecule has 0 saturated carbocycles. The van der Waals surface area contributed by atoms with Crippen molar-refractivity contribution in [1.82, 2.24) is 14.8 Å². The molecule has 0 amide bonds.